The Morgan fingerprint density at radius 3 is 2.52 bits per heavy atom. The monoisotopic (exact) mass is 337 g/mol. The maximum Gasteiger partial charge on any atom is 0.182 e. The molecule has 3 rings (SSSR count). The summed E-state index contributed by atoms with van der Waals surface area (Å²) in [4.78, 5) is 12.3. The molecule has 0 aliphatic heterocycles. The van der Waals surface area contributed by atoms with E-state index in [4.69, 9.17) is 34.8 Å². The SMILES string of the molecule is O=C(Cn1ccc2cc(Cl)ccc21)c1ccc(Cl)c(Cl)c1. The first kappa shape index (κ1) is 14.5. The van der Waals surface area contributed by atoms with Gasteiger partial charge in [0.25, 0.3) is 0 Å². The van der Waals surface area contributed by atoms with Crippen LogP contribution in [0.4, 0.5) is 0 Å². The highest BCUT2D eigenvalue weighted by atomic mass is 35.5. The molecule has 0 spiro atoms. The van der Waals surface area contributed by atoms with Crippen LogP contribution in [0.3, 0.4) is 0 Å². The highest BCUT2D eigenvalue weighted by Gasteiger charge is 2.10. The summed E-state index contributed by atoms with van der Waals surface area (Å²) in [5, 5.41) is 2.50. The number of halogens is 3. The van der Waals surface area contributed by atoms with Gasteiger partial charge in [0.15, 0.2) is 5.78 Å². The molecule has 1 heterocycles. The maximum absolute atomic E-state index is 12.3. The maximum atomic E-state index is 12.3. The molecule has 0 fully saturated rings. The highest BCUT2D eigenvalue weighted by Crippen LogP contribution is 2.24. The molecule has 0 atom stereocenters. The van der Waals surface area contributed by atoms with Crippen molar-refractivity contribution >= 4 is 51.5 Å². The van der Waals surface area contributed by atoms with Crippen LogP contribution in [0.2, 0.25) is 15.1 Å². The molecule has 0 unspecified atom stereocenters. The lowest BCUT2D eigenvalue weighted by Gasteiger charge is -2.06. The van der Waals surface area contributed by atoms with E-state index in [9.17, 15) is 4.79 Å². The van der Waals surface area contributed by atoms with Crippen LogP contribution in [0.15, 0.2) is 48.7 Å². The Bertz CT molecular complexity index is 839. The van der Waals surface area contributed by atoms with E-state index < -0.39 is 0 Å². The van der Waals surface area contributed by atoms with Crippen LogP contribution in [0, 0.1) is 0 Å². The number of fused-ring (bicyclic) bond motifs is 1. The number of hydrogen-bond acceptors (Lipinski definition) is 1. The zero-order valence-corrected chi connectivity index (χ0v) is 13.1. The third kappa shape index (κ3) is 2.93. The first-order valence-electron chi connectivity index (χ1n) is 6.27. The number of ketones is 1. The second-order valence-electron chi connectivity index (χ2n) is 4.70. The van der Waals surface area contributed by atoms with Crippen LogP contribution < -0.4 is 0 Å². The normalized spacial score (nSPS) is 11.0. The molecule has 0 radical (unpaired) electrons. The van der Waals surface area contributed by atoms with Crippen LogP contribution in [-0.4, -0.2) is 10.4 Å². The summed E-state index contributed by atoms with van der Waals surface area (Å²) in [7, 11) is 0. The van der Waals surface area contributed by atoms with Crippen molar-refractivity contribution in [1.29, 1.82) is 0 Å². The number of Topliss-reactive ketones (excluding diaryl/α,β-unsaturated/α-hetero) is 1. The van der Waals surface area contributed by atoms with Crippen molar-refractivity contribution in [3.63, 3.8) is 0 Å². The Morgan fingerprint density at radius 1 is 0.952 bits per heavy atom. The number of nitrogens with zero attached hydrogens (tertiary/aromatic N) is 1. The molecule has 2 nitrogen and oxygen atoms in total. The fourth-order valence-corrected chi connectivity index (χ4v) is 2.70. The third-order valence-electron chi connectivity index (χ3n) is 3.29. The Kier molecular flexibility index (Phi) is 3.94. The molecular weight excluding hydrogens is 329 g/mol. The summed E-state index contributed by atoms with van der Waals surface area (Å²) in [6.45, 7) is 0.239. The number of aromatic nitrogens is 1. The van der Waals surface area contributed by atoms with Gasteiger partial charge in [-0.25, -0.2) is 0 Å². The van der Waals surface area contributed by atoms with Crippen LogP contribution >= 0.6 is 34.8 Å². The van der Waals surface area contributed by atoms with Gasteiger partial charge in [-0.15, -0.1) is 0 Å². The van der Waals surface area contributed by atoms with Crippen molar-refractivity contribution in [3.05, 3.63) is 69.3 Å². The minimum absolute atomic E-state index is 0.0268. The van der Waals surface area contributed by atoms with Crippen LogP contribution in [0.25, 0.3) is 10.9 Å². The summed E-state index contributed by atoms with van der Waals surface area (Å²) in [5.41, 5.74) is 1.51. The minimum Gasteiger partial charge on any atom is -0.340 e. The quantitative estimate of drug-likeness (QED) is 0.579. The van der Waals surface area contributed by atoms with Crippen molar-refractivity contribution in [3.8, 4) is 0 Å². The Labute approximate surface area is 136 Å². The summed E-state index contributed by atoms with van der Waals surface area (Å²) in [6, 6.07) is 12.4. The van der Waals surface area contributed by atoms with Gasteiger partial charge >= 0.3 is 0 Å². The first-order chi connectivity index (χ1) is 10.0. The van der Waals surface area contributed by atoms with E-state index in [0.717, 1.165) is 10.9 Å². The smallest absolute Gasteiger partial charge is 0.182 e. The van der Waals surface area contributed by atoms with Gasteiger partial charge in [0.2, 0.25) is 0 Å². The van der Waals surface area contributed by atoms with E-state index in [1.807, 2.05) is 35.0 Å². The molecule has 0 aliphatic carbocycles. The molecule has 0 saturated heterocycles. The predicted octanol–water partition coefficient (Wildman–Crippen LogP) is 5.48. The number of benzene rings is 2. The largest absolute Gasteiger partial charge is 0.340 e. The fraction of sp³-hybridized carbons (Fsp3) is 0.0625. The van der Waals surface area contributed by atoms with Gasteiger partial charge in [-0.3, -0.25) is 4.79 Å². The average Bonchev–Trinajstić information content (AvgIpc) is 2.84. The van der Waals surface area contributed by atoms with Gasteiger partial charge in [0.05, 0.1) is 16.6 Å². The minimum atomic E-state index is -0.0268. The predicted molar refractivity (Wildman–Crippen MR) is 87.7 cm³/mol. The highest BCUT2D eigenvalue weighted by molar-refractivity contribution is 6.42. The molecule has 0 N–H and O–H groups in total. The molecule has 0 bridgehead atoms. The lowest BCUT2D eigenvalue weighted by Crippen LogP contribution is -2.09. The first-order valence-corrected chi connectivity index (χ1v) is 7.40. The van der Waals surface area contributed by atoms with Gasteiger partial charge < -0.3 is 4.57 Å². The Morgan fingerprint density at radius 2 is 1.76 bits per heavy atom. The van der Waals surface area contributed by atoms with Crippen molar-refractivity contribution in [2.45, 2.75) is 6.54 Å². The molecule has 2 aromatic carbocycles. The van der Waals surface area contributed by atoms with Gasteiger partial charge in [-0.05, 0) is 42.5 Å². The van der Waals surface area contributed by atoms with Gasteiger partial charge in [0.1, 0.15) is 0 Å². The average molecular weight is 339 g/mol. The van der Waals surface area contributed by atoms with Crippen LogP contribution in [0.1, 0.15) is 10.4 Å². The van der Waals surface area contributed by atoms with E-state index >= 15 is 0 Å². The van der Waals surface area contributed by atoms with E-state index in [2.05, 4.69) is 0 Å². The molecule has 21 heavy (non-hydrogen) atoms. The summed E-state index contributed by atoms with van der Waals surface area (Å²) in [5.74, 6) is -0.0268. The van der Waals surface area contributed by atoms with Crippen molar-refractivity contribution in [1.82, 2.24) is 4.57 Å². The zero-order chi connectivity index (χ0) is 15.0. The number of carbonyl (C=O) groups excluding carboxylic acids is 1. The third-order valence-corrected chi connectivity index (χ3v) is 4.26. The standard InChI is InChI=1S/C16H10Cl3NO/c17-12-2-4-15-10(7-12)5-6-20(15)9-16(21)11-1-3-13(18)14(19)8-11/h1-8H,9H2. The molecule has 106 valence electrons. The van der Waals surface area contributed by atoms with Gasteiger partial charge in [-0.1, -0.05) is 34.8 Å². The second-order valence-corrected chi connectivity index (χ2v) is 5.95. The van der Waals surface area contributed by atoms with E-state index in [-0.39, 0.29) is 12.3 Å². The van der Waals surface area contributed by atoms with Crippen LogP contribution in [-0.2, 0) is 6.54 Å². The Hall–Kier alpha value is -1.48. The van der Waals surface area contributed by atoms with Gasteiger partial charge in [0, 0.05) is 27.7 Å². The molecule has 0 aliphatic rings. The number of hydrogen-bond donors (Lipinski definition) is 0. The molecule has 1 aromatic heterocycles. The molecule has 0 saturated carbocycles. The fourth-order valence-electron chi connectivity index (χ4n) is 2.22. The molecular formula is C16H10Cl3NO. The van der Waals surface area contributed by atoms with E-state index in [1.54, 1.807) is 18.2 Å². The molecule has 5 heteroatoms. The lowest BCUT2D eigenvalue weighted by molar-refractivity contribution is 0.0973. The topological polar surface area (TPSA) is 22.0 Å². The Balaban J connectivity index is 1.91. The molecule has 0 amide bonds. The number of rotatable bonds is 3. The van der Waals surface area contributed by atoms with E-state index in [0.29, 0.717) is 20.6 Å². The zero-order valence-electron chi connectivity index (χ0n) is 10.8. The van der Waals surface area contributed by atoms with Gasteiger partial charge in [-0.2, -0.15) is 0 Å². The van der Waals surface area contributed by atoms with Crippen molar-refractivity contribution < 1.29 is 4.79 Å². The molecule has 3 aromatic rings. The summed E-state index contributed by atoms with van der Waals surface area (Å²) < 4.78 is 1.89. The van der Waals surface area contributed by atoms with E-state index in [1.165, 1.54) is 0 Å². The van der Waals surface area contributed by atoms with Crippen LogP contribution in [0.5, 0.6) is 0 Å². The lowest BCUT2D eigenvalue weighted by atomic mass is 10.1. The van der Waals surface area contributed by atoms with Crippen molar-refractivity contribution in [2.75, 3.05) is 0 Å². The van der Waals surface area contributed by atoms with Crippen molar-refractivity contribution in [2.24, 2.45) is 0 Å². The number of carbonyl (C=O) groups is 1. The summed E-state index contributed by atoms with van der Waals surface area (Å²) in [6.07, 6.45) is 1.87. The second kappa shape index (κ2) is 5.72. The summed E-state index contributed by atoms with van der Waals surface area (Å²) >= 11 is 17.8.